The predicted octanol–water partition coefficient (Wildman–Crippen LogP) is 3.88. The van der Waals surface area contributed by atoms with Crippen molar-refractivity contribution in [2.75, 3.05) is 19.0 Å². The fourth-order valence-corrected chi connectivity index (χ4v) is 2.13. The smallest absolute Gasteiger partial charge is 0.256 e. The van der Waals surface area contributed by atoms with E-state index in [1.165, 1.54) is 0 Å². The average molecular weight is 300 g/mol. The molecule has 0 radical (unpaired) electrons. The summed E-state index contributed by atoms with van der Waals surface area (Å²) < 4.78 is 10.7. The lowest BCUT2D eigenvalue weighted by Gasteiger charge is -2.26. The molecule has 0 unspecified atom stereocenters. The monoisotopic (exact) mass is 299 g/mol. The number of ether oxygens (including phenoxy) is 2. The van der Waals surface area contributed by atoms with Crippen LogP contribution in [0.2, 0.25) is 5.02 Å². The lowest BCUT2D eigenvalue weighted by atomic mass is 9.99. The van der Waals surface area contributed by atoms with E-state index in [-0.39, 0.29) is 5.91 Å². The van der Waals surface area contributed by atoms with Crippen LogP contribution in [-0.4, -0.2) is 25.2 Å². The van der Waals surface area contributed by atoms with Crippen LogP contribution in [0, 0.1) is 0 Å². The molecule has 0 aliphatic heterocycles. The molecule has 1 atom stereocenters. The van der Waals surface area contributed by atoms with E-state index in [2.05, 4.69) is 5.32 Å². The third-order valence-corrected chi connectivity index (χ3v) is 3.44. The number of rotatable bonds is 7. The third-order valence-electron chi connectivity index (χ3n) is 3.15. The van der Waals surface area contributed by atoms with Crippen LogP contribution < -0.4 is 10.1 Å². The Bertz CT molecular complexity index is 464. The largest absolute Gasteiger partial charge is 0.492 e. The van der Waals surface area contributed by atoms with Gasteiger partial charge in [-0.2, -0.15) is 0 Å². The second-order valence-electron chi connectivity index (χ2n) is 4.72. The molecule has 0 saturated heterocycles. The highest BCUT2D eigenvalue weighted by Crippen LogP contribution is 2.28. The van der Waals surface area contributed by atoms with Crippen LogP contribution in [0.5, 0.6) is 5.75 Å². The SMILES string of the molecule is CCC[C@@](C)(OC)C(=O)Nc1ccc(OCC)c(Cl)c1. The van der Waals surface area contributed by atoms with Gasteiger partial charge in [0.25, 0.3) is 5.91 Å². The summed E-state index contributed by atoms with van der Waals surface area (Å²) in [6.07, 6.45) is 1.52. The van der Waals surface area contributed by atoms with Crippen molar-refractivity contribution in [1.29, 1.82) is 0 Å². The number of benzene rings is 1. The highest BCUT2D eigenvalue weighted by molar-refractivity contribution is 6.32. The molecule has 0 aliphatic rings. The van der Waals surface area contributed by atoms with E-state index < -0.39 is 5.60 Å². The molecule has 0 fully saturated rings. The molecule has 1 amide bonds. The van der Waals surface area contributed by atoms with Crippen molar-refractivity contribution in [3.05, 3.63) is 23.2 Å². The number of amides is 1. The summed E-state index contributed by atoms with van der Waals surface area (Å²) in [4.78, 5) is 12.3. The van der Waals surface area contributed by atoms with Crippen molar-refractivity contribution in [2.24, 2.45) is 0 Å². The second-order valence-corrected chi connectivity index (χ2v) is 5.12. The first-order valence-corrected chi connectivity index (χ1v) is 7.13. The number of nitrogens with one attached hydrogen (secondary N) is 1. The van der Waals surface area contributed by atoms with E-state index in [0.717, 1.165) is 6.42 Å². The van der Waals surface area contributed by atoms with Gasteiger partial charge in [-0.05, 0) is 38.5 Å². The third kappa shape index (κ3) is 4.12. The lowest BCUT2D eigenvalue weighted by Crippen LogP contribution is -2.41. The zero-order valence-corrected chi connectivity index (χ0v) is 13.2. The zero-order valence-electron chi connectivity index (χ0n) is 12.5. The predicted molar refractivity (Wildman–Crippen MR) is 81.6 cm³/mol. The van der Waals surface area contributed by atoms with Crippen molar-refractivity contribution in [3.8, 4) is 5.75 Å². The highest BCUT2D eigenvalue weighted by atomic mass is 35.5. The van der Waals surface area contributed by atoms with Crippen LogP contribution in [0.25, 0.3) is 0 Å². The van der Waals surface area contributed by atoms with E-state index in [4.69, 9.17) is 21.1 Å². The molecule has 0 aromatic heterocycles. The Morgan fingerprint density at radius 1 is 1.40 bits per heavy atom. The Labute approximate surface area is 125 Å². The Kier molecular flexibility index (Phi) is 6.30. The van der Waals surface area contributed by atoms with Gasteiger partial charge in [0.15, 0.2) is 0 Å². The zero-order chi connectivity index (χ0) is 15.2. The molecule has 4 nitrogen and oxygen atoms in total. The van der Waals surface area contributed by atoms with E-state index >= 15 is 0 Å². The fourth-order valence-electron chi connectivity index (χ4n) is 1.90. The van der Waals surface area contributed by atoms with E-state index in [1.54, 1.807) is 32.2 Å². The Morgan fingerprint density at radius 3 is 2.60 bits per heavy atom. The normalized spacial score (nSPS) is 13.7. The minimum atomic E-state index is -0.834. The number of hydrogen-bond acceptors (Lipinski definition) is 3. The Morgan fingerprint density at radius 2 is 2.10 bits per heavy atom. The average Bonchev–Trinajstić information content (AvgIpc) is 2.42. The molecular formula is C15H22ClNO3. The summed E-state index contributed by atoms with van der Waals surface area (Å²) in [6, 6.07) is 5.18. The second kappa shape index (κ2) is 7.50. The van der Waals surface area contributed by atoms with E-state index in [9.17, 15) is 4.79 Å². The van der Waals surface area contributed by atoms with Crippen LogP contribution >= 0.6 is 11.6 Å². The number of anilines is 1. The molecule has 0 saturated carbocycles. The summed E-state index contributed by atoms with van der Waals surface area (Å²) in [5.41, 5.74) is -0.206. The first kappa shape index (κ1) is 16.8. The van der Waals surface area contributed by atoms with Crippen LogP contribution in [0.15, 0.2) is 18.2 Å². The maximum Gasteiger partial charge on any atom is 0.256 e. The molecule has 1 rings (SSSR count). The molecule has 0 heterocycles. The van der Waals surface area contributed by atoms with Crippen LogP contribution in [0.4, 0.5) is 5.69 Å². The maximum absolute atomic E-state index is 12.3. The summed E-state index contributed by atoms with van der Waals surface area (Å²) in [5.74, 6) is 0.428. The molecular weight excluding hydrogens is 278 g/mol. The molecule has 5 heteroatoms. The van der Waals surface area contributed by atoms with Crippen LogP contribution in [0.3, 0.4) is 0 Å². The standard InChI is InChI=1S/C15H22ClNO3/c1-5-9-15(3,19-4)14(18)17-11-7-8-13(20-6-2)12(16)10-11/h7-8,10H,5-6,9H2,1-4H3,(H,17,18)/t15-/m1/s1. The van der Waals surface area contributed by atoms with E-state index in [1.807, 2.05) is 13.8 Å². The van der Waals surface area contributed by atoms with Gasteiger partial charge in [-0.1, -0.05) is 24.9 Å². The molecule has 0 aliphatic carbocycles. The molecule has 112 valence electrons. The molecule has 1 aromatic rings. The molecule has 1 N–H and O–H groups in total. The number of halogens is 1. The number of carbonyl (C=O) groups is 1. The van der Waals surface area contributed by atoms with Crippen molar-refractivity contribution < 1.29 is 14.3 Å². The molecule has 20 heavy (non-hydrogen) atoms. The van der Waals surface area contributed by atoms with Gasteiger partial charge in [0.1, 0.15) is 11.4 Å². The fraction of sp³-hybridized carbons (Fsp3) is 0.533. The first-order chi connectivity index (χ1) is 9.46. The number of methoxy groups -OCH3 is 1. The van der Waals surface area contributed by atoms with Gasteiger partial charge in [-0.25, -0.2) is 0 Å². The van der Waals surface area contributed by atoms with Crippen molar-refractivity contribution in [3.63, 3.8) is 0 Å². The summed E-state index contributed by atoms with van der Waals surface area (Å²) >= 11 is 6.09. The number of carbonyl (C=O) groups excluding carboxylic acids is 1. The molecule has 0 spiro atoms. The van der Waals surface area contributed by atoms with Crippen LogP contribution in [0.1, 0.15) is 33.6 Å². The van der Waals surface area contributed by atoms with Crippen molar-refractivity contribution >= 4 is 23.2 Å². The van der Waals surface area contributed by atoms with Gasteiger partial charge < -0.3 is 14.8 Å². The Hall–Kier alpha value is -1.26. The number of hydrogen-bond donors (Lipinski definition) is 1. The van der Waals surface area contributed by atoms with Gasteiger partial charge in [0.2, 0.25) is 0 Å². The Balaban J connectivity index is 2.82. The van der Waals surface area contributed by atoms with Crippen molar-refractivity contribution in [1.82, 2.24) is 0 Å². The lowest BCUT2D eigenvalue weighted by molar-refractivity contribution is -0.136. The summed E-state index contributed by atoms with van der Waals surface area (Å²) in [6.45, 7) is 6.23. The summed E-state index contributed by atoms with van der Waals surface area (Å²) in [5, 5.41) is 3.30. The van der Waals surface area contributed by atoms with Gasteiger partial charge in [0.05, 0.1) is 11.6 Å². The minimum Gasteiger partial charge on any atom is -0.492 e. The molecule has 0 bridgehead atoms. The molecule has 1 aromatic carbocycles. The van der Waals surface area contributed by atoms with Gasteiger partial charge in [0, 0.05) is 12.8 Å². The van der Waals surface area contributed by atoms with E-state index in [0.29, 0.717) is 29.5 Å². The summed E-state index contributed by atoms with van der Waals surface area (Å²) in [7, 11) is 1.54. The van der Waals surface area contributed by atoms with Crippen molar-refractivity contribution in [2.45, 2.75) is 39.2 Å². The highest BCUT2D eigenvalue weighted by Gasteiger charge is 2.32. The van der Waals surface area contributed by atoms with Gasteiger partial charge in [-0.3, -0.25) is 4.79 Å². The first-order valence-electron chi connectivity index (χ1n) is 6.75. The quantitative estimate of drug-likeness (QED) is 0.831. The maximum atomic E-state index is 12.3. The van der Waals surface area contributed by atoms with Gasteiger partial charge >= 0.3 is 0 Å². The topological polar surface area (TPSA) is 47.6 Å². The van der Waals surface area contributed by atoms with Gasteiger partial charge in [-0.15, -0.1) is 0 Å². The minimum absolute atomic E-state index is 0.179. The van der Waals surface area contributed by atoms with Crippen LogP contribution in [-0.2, 0) is 9.53 Å².